The van der Waals surface area contributed by atoms with E-state index in [4.69, 9.17) is 14.4 Å². The molecule has 1 amide bonds. The van der Waals surface area contributed by atoms with Crippen molar-refractivity contribution in [3.8, 4) is 6.07 Å². The Labute approximate surface area is 134 Å². The summed E-state index contributed by atoms with van der Waals surface area (Å²) in [7, 11) is 0. The number of nitriles is 1. The Kier molecular flexibility index (Phi) is 4.96. The van der Waals surface area contributed by atoms with Crippen molar-refractivity contribution in [2.45, 2.75) is 13.0 Å². The third-order valence-corrected chi connectivity index (χ3v) is 3.16. The lowest BCUT2D eigenvalue weighted by atomic mass is 10.2. The Morgan fingerprint density at radius 2 is 2.05 bits per heavy atom. The van der Waals surface area contributed by atoms with Crippen molar-refractivity contribution in [3.63, 3.8) is 0 Å². The average molecular weight is 363 g/mol. The minimum atomic E-state index is -1.04. The number of hydrogen-bond donors (Lipinski definition) is 1. The Morgan fingerprint density at radius 3 is 2.68 bits per heavy atom. The highest BCUT2D eigenvalue weighted by Gasteiger charge is 2.21. The second-order valence-electron chi connectivity index (χ2n) is 4.30. The molecule has 0 aliphatic heterocycles. The summed E-state index contributed by atoms with van der Waals surface area (Å²) in [6.45, 7) is 1.43. The number of amides is 1. The number of carbonyl (C=O) groups excluding carboxylic acids is 2. The zero-order chi connectivity index (χ0) is 16.1. The van der Waals surface area contributed by atoms with Gasteiger partial charge in [0.25, 0.3) is 5.91 Å². The van der Waals surface area contributed by atoms with E-state index in [2.05, 4.69) is 21.2 Å². The van der Waals surface area contributed by atoms with E-state index in [-0.39, 0.29) is 5.76 Å². The van der Waals surface area contributed by atoms with Crippen molar-refractivity contribution in [2.24, 2.45) is 0 Å². The molecule has 1 aromatic carbocycles. The number of furan rings is 1. The van der Waals surface area contributed by atoms with Gasteiger partial charge in [-0.1, -0.05) is 12.1 Å². The summed E-state index contributed by atoms with van der Waals surface area (Å²) < 4.78 is 10.4. The molecule has 0 saturated carbocycles. The molecule has 22 heavy (non-hydrogen) atoms. The summed E-state index contributed by atoms with van der Waals surface area (Å²) in [4.78, 5) is 23.8. The van der Waals surface area contributed by atoms with Crippen LogP contribution >= 0.6 is 15.9 Å². The fourth-order valence-corrected chi connectivity index (χ4v) is 1.93. The minimum Gasteiger partial charge on any atom is -0.447 e. The number of para-hydroxylation sites is 1. The van der Waals surface area contributed by atoms with Crippen LogP contribution in [-0.2, 0) is 9.53 Å². The molecule has 112 valence electrons. The highest BCUT2D eigenvalue weighted by molar-refractivity contribution is 9.10. The summed E-state index contributed by atoms with van der Waals surface area (Å²) in [5, 5.41) is 11.5. The first-order valence-electron chi connectivity index (χ1n) is 6.27. The predicted octanol–water partition coefficient (Wildman–Crippen LogP) is 3.10. The van der Waals surface area contributed by atoms with Crippen molar-refractivity contribution in [2.75, 3.05) is 5.32 Å². The van der Waals surface area contributed by atoms with Crippen LogP contribution in [0.5, 0.6) is 0 Å². The summed E-state index contributed by atoms with van der Waals surface area (Å²) >= 11 is 3.07. The molecule has 6 nitrogen and oxygen atoms in total. The van der Waals surface area contributed by atoms with Gasteiger partial charge in [0.2, 0.25) is 5.76 Å². The van der Waals surface area contributed by atoms with E-state index in [9.17, 15) is 9.59 Å². The standard InChI is InChI=1S/C15H11BrN2O4/c1-9(21-15(20)12-6-7-13(16)22-12)14(19)18-11-5-3-2-4-10(11)8-17/h2-7,9H,1H3,(H,18,19)/t9-/m1/s1. The van der Waals surface area contributed by atoms with Crippen LogP contribution in [0.25, 0.3) is 0 Å². The highest BCUT2D eigenvalue weighted by atomic mass is 79.9. The number of hydrogen-bond acceptors (Lipinski definition) is 5. The highest BCUT2D eigenvalue weighted by Crippen LogP contribution is 2.17. The van der Waals surface area contributed by atoms with Crippen LogP contribution < -0.4 is 5.32 Å². The second-order valence-corrected chi connectivity index (χ2v) is 5.08. The van der Waals surface area contributed by atoms with Gasteiger partial charge in [-0.25, -0.2) is 4.79 Å². The van der Waals surface area contributed by atoms with Gasteiger partial charge in [-0.05, 0) is 47.1 Å². The molecule has 1 N–H and O–H groups in total. The van der Waals surface area contributed by atoms with E-state index in [0.717, 1.165) is 0 Å². The third kappa shape index (κ3) is 3.74. The quantitative estimate of drug-likeness (QED) is 0.843. The average Bonchev–Trinajstić information content (AvgIpc) is 2.94. The molecule has 0 unspecified atom stereocenters. The summed E-state index contributed by atoms with van der Waals surface area (Å²) in [6, 6.07) is 11.5. The van der Waals surface area contributed by atoms with Gasteiger partial charge in [0.15, 0.2) is 10.8 Å². The van der Waals surface area contributed by atoms with E-state index in [1.54, 1.807) is 30.3 Å². The molecule has 2 aromatic rings. The molecule has 0 aliphatic carbocycles. The molecule has 7 heteroatoms. The van der Waals surface area contributed by atoms with Gasteiger partial charge in [-0.3, -0.25) is 4.79 Å². The van der Waals surface area contributed by atoms with Crippen molar-refractivity contribution in [1.29, 1.82) is 5.26 Å². The van der Waals surface area contributed by atoms with Gasteiger partial charge in [-0.2, -0.15) is 5.26 Å². The maximum atomic E-state index is 12.0. The molecule has 2 rings (SSSR count). The molecule has 0 spiro atoms. The number of nitrogens with one attached hydrogen (secondary N) is 1. The number of ether oxygens (including phenoxy) is 1. The zero-order valence-electron chi connectivity index (χ0n) is 11.5. The zero-order valence-corrected chi connectivity index (χ0v) is 13.1. The topological polar surface area (TPSA) is 92.3 Å². The first-order chi connectivity index (χ1) is 10.5. The van der Waals surface area contributed by atoms with Gasteiger partial charge in [0, 0.05) is 0 Å². The first kappa shape index (κ1) is 15.8. The molecule has 1 heterocycles. The molecular formula is C15H11BrN2O4. The predicted molar refractivity (Wildman–Crippen MR) is 81.1 cm³/mol. The normalized spacial score (nSPS) is 11.3. The molecule has 0 radical (unpaired) electrons. The molecule has 0 saturated heterocycles. The van der Waals surface area contributed by atoms with Crippen LogP contribution in [0.3, 0.4) is 0 Å². The van der Waals surface area contributed by atoms with E-state index >= 15 is 0 Å². The maximum Gasteiger partial charge on any atom is 0.375 e. The Balaban J connectivity index is 2.01. The van der Waals surface area contributed by atoms with Crippen LogP contribution in [-0.4, -0.2) is 18.0 Å². The van der Waals surface area contributed by atoms with E-state index < -0.39 is 18.0 Å². The minimum absolute atomic E-state index is 0.0102. The number of esters is 1. The third-order valence-electron chi connectivity index (χ3n) is 2.73. The lowest BCUT2D eigenvalue weighted by Gasteiger charge is -2.13. The maximum absolute atomic E-state index is 12.0. The molecule has 0 bridgehead atoms. The van der Waals surface area contributed by atoms with Crippen LogP contribution in [0.4, 0.5) is 5.69 Å². The number of benzene rings is 1. The summed E-state index contributed by atoms with van der Waals surface area (Å²) in [6.07, 6.45) is -1.04. The molecular weight excluding hydrogens is 352 g/mol. The number of carbonyl (C=O) groups is 2. The lowest BCUT2D eigenvalue weighted by Crippen LogP contribution is -2.30. The van der Waals surface area contributed by atoms with Crippen LogP contribution in [0.15, 0.2) is 45.5 Å². The van der Waals surface area contributed by atoms with Crippen LogP contribution in [0.1, 0.15) is 23.0 Å². The second kappa shape index (κ2) is 6.91. The molecule has 1 atom stereocenters. The fraction of sp³-hybridized carbons (Fsp3) is 0.133. The smallest absolute Gasteiger partial charge is 0.375 e. The summed E-state index contributed by atoms with van der Waals surface area (Å²) in [5.41, 5.74) is 0.683. The molecule has 0 aliphatic rings. The van der Waals surface area contributed by atoms with Crippen LogP contribution in [0, 0.1) is 11.3 Å². The number of nitrogens with zero attached hydrogens (tertiary/aromatic N) is 1. The molecule has 0 fully saturated rings. The van der Waals surface area contributed by atoms with E-state index in [1.807, 2.05) is 6.07 Å². The van der Waals surface area contributed by atoms with E-state index in [0.29, 0.717) is 15.9 Å². The van der Waals surface area contributed by atoms with Crippen molar-refractivity contribution in [1.82, 2.24) is 0 Å². The Morgan fingerprint density at radius 1 is 1.32 bits per heavy atom. The SMILES string of the molecule is C[C@@H](OC(=O)c1ccc(Br)o1)C(=O)Nc1ccccc1C#N. The first-order valence-corrected chi connectivity index (χ1v) is 7.07. The van der Waals surface area contributed by atoms with Crippen molar-refractivity contribution < 1.29 is 18.7 Å². The number of halogens is 1. The van der Waals surface area contributed by atoms with Gasteiger partial charge in [-0.15, -0.1) is 0 Å². The van der Waals surface area contributed by atoms with Gasteiger partial charge in [0.05, 0.1) is 11.3 Å². The van der Waals surface area contributed by atoms with E-state index in [1.165, 1.54) is 13.0 Å². The Hall–Kier alpha value is -2.59. The lowest BCUT2D eigenvalue weighted by molar-refractivity contribution is -0.123. The molecule has 1 aromatic heterocycles. The largest absolute Gasteiger partial charge is 0.447 e. The number of anilines is 1. The number of rotatable bonds is 4. The van der Waals surface area contributed by atoms with Crippen LogP contribution in [0.2, 0.25) is 0 Å². The van der Waals surface area contributed by atoms with Gasteiger partial charge < -0.3 is 14.5 Å². The van der Waals surface area contributed by atoms with Crippen molar-refractivity contribution >= 4 is 33.5 Å². The Bertz CT molecular complexity index is 748. The van der Waals surface area contributed by atoms with Gasteiger partial charge >= 0.3 is 5.97 Å². The van der Waals surface area contributed by atoms with Crippen molar-refractivity contribution in [3.05, 3.63) is 52.4 Å². The summed E-state index contributed by atoms with van der Waals surface area (Å²) in [5.74, 6) is -1.30. The van der Waals surface area contributed by atoms with Gasteiger partial charge in [0.1, 0.15) is 6.07 Å². The monoisotopic (exact) mass is 362 g/mol. The fourth-order valence-electron chi connectivity index (χ4n) is 1.62.